The molecule has 0 aliphatic carbocycles. The Hall–Kier alpha value is -2.44. The Bertz CT molecular complexity index is 759. The molecule has 0 spiro atoms. The second-order valence-electron chi connectivity index (χ2n) is 6.62. The van der Waals surface area contributed by atoms with E-state index in [1.807, 2.05) is 29.2 Å². The summed E-state index contributed by atoms with van der Waals surface area (Å²) in [6, 6.07) is 7.58. The van der Waals surface area contributed by atoms with E-state index in [4.69, 9.17) is 0 Å². The Morgan fingerprint density at radius 2 is 1.79 bits per heavy atom. The third-order valence-electron chi connectivity index (χ3n) is 4.96. The lowest BCUT2D eigenvalue weighted by atomic mass is 9.97. The van der Waals surface area contributed by atoms with Gasteiger partial charge < -0.3 is 9.80 Å². The van der Waals surface area contributed by atoms with Crippen LogP contribution in [0.25, 0.3) is 11.0 Å². The molecule has 1 aromatic heterocycles. The Kier molecular flexibility index (Phi) is 3.92. The minimum absolute atomic E-state index is 0.00616. The van der Waals surface area contributed by atoms with E-state index in [0.717, 1.165) is 37.0 Å². The largest absolute Gasteiger partial charge is 0.342 e. The van der Waals surface area contributed by atoms with E-state index < -0.39 is 0 Å². The van der Waals surface area contributed by atoms with Gasteiger partial charge in [0.15, 0.2) is 0 Å². The number of carbonyl (C=O) groups is 2. The number of fused-ring (bicyclic) bond motifs is 1. The molecular weight excluding hydrogens is 306 g/mol. The van der Waals surface area contributed by atoms with E-state index in [9.17, 15) is 9.59 Å². The highest BCUT2D eigenvalue weighted by Gasteiger charge is 2.38. The molecule has 0 bridgehead atoms. The van der Waals surface area contributed by atoms with Crippen LogP contribution in [-0.2, 0) is 16.1 Å². The predicted octanol–water partition coefficient (Wildman–Crippen LogP) is 0.902. The van der Waals surface area contributed by atoms with Crippen LogP contribution in [0.2, 0.25) is 0 Å². The number of piperidine rings is 1. The maximum atomic E-state index is 12.4. The van der Waals surface area contributed by atoms with E-state index in [2.05, 4.69) is 10.3 Å². The molecule has 0 unspecified atom stereocenters. The van der Waals surface area contributed by atoms with E-state index in [1.54, 1.807) is 9.58 Å². The van der Waals surface area contributed by atoms with Crippen LogP contribution in [0.15, 0.2) is 24.3 Å². The van der Waals surface area contributed by atoms with Crippen LogP contribution < -0.4 is 0 Å². The predicted molar refractivity (Wildman–Crippen MR) is 88.0 cm³/mol. The number of amides is 2. The van der Waals surface area contributed by atoms with Gasteiger partial charge in [-0.3, -0.25) is 9.59 Å². The van der Waals surface area contributed by atoms with Crippen LogP contribution in [0.3, 0.4) is 0 Å². The molecule has 0 saturated carbocycles. The van der Waals surface area contributed by atoms with Crippen LogP contribution in [-0.4, -0.2) is 62.8 Å². The fourth-order valence-corrected chi connectivity index (χ4v) is 3.47. The number of hydrogen-bond donors (Lipinski definition) is 0. The Morgan fingerprint density at radius 1 is 1.04 bits per heavy atom. The molecule has 0 N–H and O–H groups in total. The lowest BCUT2D eigenvalue weighted by molar-refractivity contribution is -0.149. The molecule has 4 rings (SSSR count). The lowest BCUT2D eigenvalue weighted by Gasteiger charge is -2.41. The zero-order chi connectivity index (χ0) is 16.5. The van der Waals surface area contributed by atoms with E-state index >= 15 is 0 Å². The van der Waals surface area contributed by atoms with Gasteiger partial charge in [-0.2, -0.15) is 0 Å². The molecule has 2 saturated heterocycles. The lowest BCUT2D eigenvalue weighted by Crippen LogP contribution is -2.57. The number of benzene rings is 1. The summed E-state index contributed by atoms with van der Waals surface area (Å²) in [5.74, 6) is 0.179. The van der Waals surface area contributed by atoms with Crippen molar-refractivity contribution in [1.82, 2.24) is 24.8 Å². The molecule has 2 amide bonds. The number of rotatable bonds is 3. The van der Waals surface area contributed by atoms with Crippen molar-refractivity contribution in [2.24, 2.45) is 5.92 Å². The standard InChI is InChI=1S/C17H21N5O2/c23-16(12-22-15-7-3-2-6-14(15)18-19-22)21-10-13(11-21)17(24)20-8-4-1-5-9-20/h2-3,6-7,13H,1,4-5,8-12H2. The van der Waals surface area contributed by atoms with Crippen LogP contribution in [0.1, 0.15) is 19.3 Å². The summed E-state index contributed by atoms with van der Waals surface area (Å²) < 4.78 is 1.62. The highest BCUT2D eigenvalue weighted by atomic mass is 16.2. The van der Waals surface area contributed by atoms with Gasteiger partial charge in [0.05, 0.1) is 11.4 Å². The second kappa shape index (κ2) is 6.22. The average Bonchev–Trinajstić information content (AvgIpc) is 2.97. The number of aromatic nitrogens is 3. The van der Waals surface area contributed by atoms with Gasteiger partial charge in [0, 0.05) is 26.2 Å². The highest BCUT2D eigenvalue weighted by molar-refractivity contribution is 5.85. The molecular formula is C17H21N5O2. The zero-order valence-electron chi connectivity index (χ0n) is 13.6. The first-order chi connectivity index (χ1) is 11.7. The van der Waals surface area contributed by atoms with Gasteiger partial charge in [0.1, 0.15) is 12.1 Å². The van der Waals surface area contributed by atoms with Crippen molar-refractivity contribution in [1.29, 1.82) is 0 Å². The smallest absolute Gasteiger partial charge is 0.244 e. The summed E-state index contributed by atoms with van der Waals surface area (Å²) in [6.07, 6.45) is 3.41. The Balaban J connectivity index is 1.33. The zero-order valence-corrected chi connectivity index (χ0v) is 13.6. The van der Waals surface area contributed by atoms with Crippen molar-refractivity contribution in [3.8, 4) is 0 Å². The number of hydrogen-bond acceptors (Lipinski definition) is 4. The van der Waals surface area contributed by atoms with E-state index in [1.165, 1.54) is 6.42 Å². The van der Waals surface area contributed by atoms with Crippen molar-refractivity contribution in [3.63, 3.8) is 0 Å². The Labute approximate surface area is 140 Å². The number of nitrogens with zero attached hydrogens (tertiary/aromatic N) is 5. The molecule has 126 valence electrons. The molecule has 2 aromatic rings. The van der Waals surface area contributed by atoms with Gasteiger partial charge in [-0.25, -0.2) is 4.68 Å². The molecule has 24 heavy (non-hydrogen) atoms. The van der Waals surface area contributed by atoms with Gasteiger partial charge in [0.2, 0.25) is 11.8 Å². The molecule has 2 aliphatic heterocycles. The number of likely N-dealkylation sites (tertiary alicyclic amines) is 2. The summed E-state index contributed by atoms with van der Waals surface area (Å²) in [4.78, 5) is 28.5. The first-order valence-electron chi connectivity index (χ1n) is 8.57. The fourth-order valence-electron chi connectivity index (χ4n) is 3.47. The quantitative estimate of drug-likeness (QED) is 0.840. The first kappa shape index (κ1) is 15.1. The van der Waals surface area contributed by atoms with Gasteiger partial charge in [-0.15, -0.1) is 5.10 Å². The summed E-state index contributed by atoms with van der Waals surface area (Å²) in [5, 5.41) is 8.11. The van der Waals surface area contributed by atoms with Crippen LogP contribution in [0, 0.1) is 5.92 Å². The van der Waals surface area contributed by atoms with Crippen molar-refractivity contribution in [2.75, 3.05) is 26.2 Å². The first-order valence-corrected chi connectivity index (χ1v) is 8.57. The third-order valence-corrected chi connectivity index (χ3v) is 4.96. The highest BCUT2D eigenvalue weighted by Crippen LogP contribution is 2.21. The summed E-state index contributed by atoms with van der Waals surface area (Å²) in [5.41, 5.74) is 1.64. The van der Waals surface area contributed by atoms with Crippen molar-refractivity contribution in [2.45, 2.75) is 25.8 Å². The van der Waals surface area contributed by atoms with E-state index in [-0.39, 0.29) is 24.3 Å². The van der Waals surface area contributed by atoms with Gasteiger partial charge in [-0.05, 0) is 31.4 Å². The van der Waals surface area contributed by atoms with Gasteiger partial charge in [0.25, 0.3) is 0 Å². The normalized spacial score (nSPS) is 18.7. The van der Waals surface area contributed by atoms with Crippen molar-refractivity contribution >= 4 is 22.8 Å². The van der Waals surface area contributed by atoms with Gasteiger partial charge in [-0.1, -0.05) is 17.3 Å². The van der Waals surface area contributed by atoms with E-state index in [0.29, 0.717) is 13.1 Å². The third kappa shape index (κ3) is 2.74. The van der Waals surface area contributed by atoms with Crippen LogP contribution in [0.4, 0.5) is 0 Å². The Morgan fingerprint density at radius 3 is 2.58 bits per heavy atom. The molecule has 7 nitrogen and oxygen atoms in total. The maximum Gasteiger partial charge on any atom is 0.244 e. The molecule has 1 aromatic carbocycles. The van der Waals surface area contributed by atoms with Crippen LogP contribution >= 0.6 is 0 Å². The minimum Gasteiger partial charge on any atom is -0.342 e. The molecule has 7 heteroatoms. The average molecular weight is 327 g/mol. The SMILES string of the molecule is O=C(Cn1nnc2ccccc21)N1CC(C(=O)N2CCCCC2)C1. The summed E-state index contributed by atoms with van der Waals surface area (Å²) >= 11 is 0. The minimum atomic E-state index is -0.0282. The van der Waals surface area contributed by atoms with Gasteiger partial charge >= 0.3 is 0 Å². The summed E-state index contributed by atoms with van der Waals surface area (Å²) in [7, 11) is 0. The molecule has 0 radical (unpaired) electrons. The molecule has 2 aliphatic rings. The van der Waals surface area contributed by atoms with Crippen molar-refractivity contribution < 1.29 is 9.59 Å². The topological polar surface area (TPSA) is 71.3 Å². The van der Waals surface area contributed by atoms with Crippen LogP contribution in [0.5, 0.6) is 0 Å². The second-order valence-corrected chi connectivity index (χ2v) is 6.62. The number of para-hydroxylation sites is 1. The van der Waals surface area contributed by atoms with Crippen molar-refractivity contribution in [3.05, 3.63) is 24.3 Å². The molecule has 2 fully saturated rings. The summed E-state index contributed by atoms with van der Waals surface area (Å²) in [6.45, 7) is 2.97. The maximum absolute atomic E-state index is 12.4. The monoisotopic (exact) mass is 327 g/mol. The molecule has 3 heterocycles. The fraction of sp³-hybridized carbons (Fsp3) is 0.529. The molecule has 0 atom stereocenters. The number of carbonyl (C=O) groups excluding carboxylic acids is 2.